The Morgan fingerprint density at radius 3 is 2.44 bits per heavy atom. The molecule has 0 aliphatic heterocycles. The number of carbonyl (C=O) groups is 1. The highest BCUT2D eigenvalue weighted by molar-refractivity contribution is 7.89. The van der Waals surface area contributed by atoms with Crippen molar-refractivity contribution in [1.29, 1.82) is 0 Å². The van der Waals surface area contributed by atoms with Gasteiger partial charge in [-0.25, -0.2) is 18.4 Å². The van der Waals surface area contributed by atoms with E-state index in [1.807, 2.05) is 6.07 Å². The van der Waals surface area contributed by atoms with Gasteiger partial charge in [0.25, 0.3) is 0 Å². The van der Waals surface area contributed by atoms with Gasteiger partial charge in [-0.05, 0) is 42.0 Å². The molecule has 0 aromatic heterocycles. The van der Waals surface area contributed by atoms with Gasteiger partial charge in [-0.1, -0.05) is 12.1 Å². The maximum atomic E-state index is 12.0. The molecule has 0 amide bonds. The van der Waals surface area contributed by atoms with Crippen LogP contribution in [0.4, 0.5) is 0 Å². The van der Waals surface area contributed by atoms with Gasteiger partial charge in [0.2, 0.25) is 10.0 Å². The smallest absolute Gasteiger partial charge is 0.338 e. The summed E-state index contributed by atoms with van der Waals surface area (Å²) >= 11 is 0. The van der Waals surface area contributed by atoms with Crippen LogP contribution in [0.2, 0.25) is 0 Å². The third-order valence-corrected chi connectivity index (χ3v) is 4.14. The van der Waals surface area contributed by atoms with Gasteiger partial charge in [0.1, 0.15) is 19.0 Å². The molecule has 0 aliphatic rings. The molecule has 0 aliphatic carbocycles. The van der Waals surface area contributed by atoms with Crippen LogP contribution in [0, 0.1) is 0 Å². The summed E-state index contributed by atoms with van der Waals surface area (Å²) in [4.78, 5) is 12.0. The highest BCUT2D eigenvalue weighted by atomic mass is 32.2. The fraction of sp³-hybridized carbons (Fsp3) is 0.235. The summed E-state index contributed by atoms with van der Waals surface area (Å²) in [5, 5.41) is 5.01. The lowest BCUT2D eigenvalue weighted by Gasteiger charge is -2.08. The number of esters is 1. The lowest BCUT2D eigenvalue weighted by Crippen LogP contribution is -2.13. The molecule has 0 heterocycles. The number of primary sulfonamides is 1. The van der Waals surface area contributed by atoms with E-state index < -0.39 is 16.0 Å². The van der Waals surface area contributed by atoms with Crippen molar-refractivity contribution in [1.82, 2.24) is 0 Å². The fourth-order valence-electron chi connectivity index (χ4n) is 2.06. The van der Waals surface area contributed by atoms with E-state index in [2.05, 4.69) is 0 Å². The molecule has 7 nitrogen and oxygen atoms in total. The van der Waals surface area contributed by atoms with E-state index in [0.717, 1.165) is 5.56 Å². The third-order valence-electron chi connectivity index (χ3n) is 3.21. The summed E-state index contributed by atoms with van der Waals surface area (Å²) in [7, 11) is -2.15. The Hall–Kier alpha value is -2.42. The van der Waals surface area contributed by atoms with Crippen molar-refractivity contribution in [3.63, 3.8) is 0 Å². The van der Waals surface area contributed by atoms with Gasteiger partial charge < -0.3 is 14.2 Å². The number of benzene rings is 2. The van der Waals surface area contributed by atoms with Gasteiger partial charge >= 0.3 is 5.97 Å². The molecule has 2 rings (SSSR count). The summed E-state index contributed by atoms with van der Waals surface area (Å²) in [6.07, 6.45) is 0. The first-order valence-corrected chi connectivity index (χ1v) is 8.95. The monoisotopic (exact) mass is 365 g/mol. The number of sulfonamides is 1. The van der Waals surface area contributed by atoms with Gasteiger partial charge in [0, 0.05) is 7.11 Å². The molecular weight excluding hydrogens is 346 g/mol. The molecule has 2 N–H and O–H groups in total. The van der Waals surface area contributed by atoms with E-state index in [9.17, 15) is 13.2 Å². The quantitative estimate of drug-likeness (QED) is 0.564. The lowest BCUT2D eigenvalue weighted by atomic mass is 10.1. The van der Waals surface area contributed by atoms with Crippen molar-refractivity contribution in [2.24, 2.45) is 5.14 Å². The van der Waals surface area contributed by atoms with E-state index in [0.29, 0.717) is 17.9 Å². The number of ether oxygens (including phenoxy) is 3. The molecule has 0 bridgehead atoms. The minimum Gasteiger partial charge on any atom is -0.490 e. The fourth-order valence-corrected chi connectivity index (χ4v) is 2.57. The molecule has 0 atom stereocenters. The predicted molar refractivity (Wildman–Crippen MR) is 90.7 cm³/mol. The summed E-state index contributed by atoms with van der Waals surface area (Å²) in [6.45, 7) is 0.612. The van der Waals surface area contributed by atoms with Crippen molar-refractivity contribution in [3.05, 3.63) is 59.7 Å². The van der Waals surface area contributed by atoms with Crippen molar-refractivity contribution < 1.29 is 27.4 Å². The zero-order valence-corrected chi connectivity index (χ0v) is 14.5. The van der Waals surface area contributed by atoms with E-state index >= 15 is 0 Å². The van der Waals surface area contributed by atoms with Crippen LogP contribution in [0.1, 0.15) is 15.9 Å². The standard InChI is InChI=1S/C17H19NO6S/c1-22-12-13-3-2-4-14(11-13)17(19)24-10-9-23-15-5-7-16(8-6-15)25(18,20)21/h2-8,11H,9-10,12H2,1H3,(H2,18,20,21). The van der Waals surface area contributed by atoms with Crippen LogP contribution in [0.25, 0.3) is 0 Å². The lowest BCUT2D eigenvalue weighted by molar-refractivity contribution is 0.0450. The number of nitrogens with two attached hydrogens (primary N) is 1. The van der Waals surface area contributed by atoms with Gasteiger partial charge in [0.15, 0.2) is 0 Å². The average Bonchev–Trinajstić information content (AvgIpc) is 2.59. The first-order chi connectivity index (χ1) is 11.9. The zero-order valence-electron chi connectivity index (χ0n) is 13.7. The second-order valence-corrected chi connectivity index (χ2v) is 6.70. The van der Waals surface area contributed by atoms with E-state index in [1.165, 1.54) is 24.3 Å². The van der Waals surface area contributed by atoms with Crippen LogP contribution in [-0.2, 0) is 26.1 Å². The highest BCUT2D eigenvalue weighted by Crippen LogP contribution is 2.15. The minimum atomic E-state index is -3.73. The van der Waals surface area contributed by atoms with Crippen LogP contribution in [0.3, 0.4) is 0 Å². The topological polar surface area (TPSA) is 105 Å². The Morgan fingerprint density at radius 1 is 1.08 bits per heavy atom. The number of methoxy groups -OCH3 is 1. The number of carbonyl (C=O) groups excluding carboxylic acids is 1. The molecule has 0 radical (unpaired) electrons. The maximum Gasteiger partial charge on any atom is 0.338 e. The molecular formula is C17H19NO6S. The van der Waals surface area contributed by atoms with Gasteiger partial charge in [-0.3, -0.25) is 0 Å². The Morgan fingerprint density at radius 2 is 1.80 bits per heavy atom. The van der Waals surface area contributed by atoms with Gasteiger partial charge in [-0.2, -0.15) is 0 Å². The largest absolute Gasteiger partial charge is 0.490 e. The molecule has 2 aromatic carbocycles. The second-order valence-electron chi connectivity index (χ2n) is 5.13. The molecule has 134 valence electrons. The molecule has 0 fully saturated rings. The Bertz CT molecular complexity index is 817. The molecule has 8 heteroatoms. The van der Waals surface area contributed by atoms with Gasteiger partial charge in [-0.15, -0.1) is 0 Å². The summed E-state index contributed by atoms with van der Waals surface area (Å²) in [5.41, 5.74) is 1.32. The van der Waals surface area contributed by atoms with Crippen molar-refractivity contribution in [2.45, 2.75) is 11.5 Å². The summed E-state index contributed by atoms with van der Waals surface area (Å²) in [6, 6.07) is 12.6. The van der Waals surface area contributed by atoms with Crippen molar-refractivity contribution >= 4 is 16.0 Å². The SMILES string of the molecule is COCc1cccc(C(=O)OCCOc2ccc(S(N)(=O)=O)cc2)c1. The van der Waals surface area contributed by atoms with Crippen LogP contribution in [0.15, 0.2) is 53.4 Å². The number of hydrogen-bond acceptors (Lipinski definition) is 6. The van der Waals surface area contributed by atoms with Crippen LogP contribution in [0.5, 0.6) is 5.75 Å². The second kappa shape index (κ2) is 8.61. The normalized spacial score (nSPS) is 11.1. The van der Waals surface area contributed by atoms with E-state index in [1.54, 1.807) is 25.3 Å². The van der Waals surface area contributed by atoms with Crippen LogP contribution >= 0.6 is 0 Å². The molecule has 25 heavy (non-hydrogen) atoms. The summed E-state index contributed by atoms with van der Waals surface area (Å²) in [5.74, 6) is -0.00309. The van der Waals surface area contributed by atoms with E-state index in [4.69, 9.17) is 19.3 Å². The van der Waals surface area contributed by atoms with Crippen molar-refractivity contribution in [2.75, 3.05) is 20.3 Å². The van der Waals surface area contributed by atoms with Crippen molar-refractivity contribution in [3.8, 4) is 5.75 Å². The molecule has 0 spiro atoms. The zero-order chi connectivity index (χ0) is 18.3. The third kappa shape index (κ3) is 5.86. The van der Waals surface area contributed by atoms with E-state index in [-0.39, 0.29) is 18.1 Å². The molecule has 0 saturated heterocycles. The Kier molecular flexibility index (Phi) is 6.51. The molecule has 0 unspecified atom stereocenters. The first-order valence-electron chi connectivity index (χ1n) is 7.41. The Balaban J connectivity index is 1.81. The molecule has 0 saturated carbocycles. The van der Waals surface area contributed by atoms with Crippen LogP contribution < -0.4 is 9.88 Å². The predicted octanol–water partition coefficient (Wildman–Crippen LogP) is 1.72. The number of rotatable bonds is 8. The average molecular weight is 365 g/mol. The summed E-state index contributed by atoms with van der Waals surface area (Å²) < 4.78 is 37.9. The number of hydrogen-bond donors (Lipinski definition) is 1. The van der Waals surface area contributed by atoms with Gasteiger partial charge in [0.05, 0.1) is 17.1 Å². The minimum absolute atomic E-state index is 0.00205. The maximum absolute atomic E-state index is 12.0. The Labute approximate surface area is 146 Å². The van der Waals surface area contributed by atoms with Crippen LogP contribution in [-0.4, -0.2) is 34.7 Å². The first kappa shape index (κ1) is 18.9. The molecule has 2 aromatic rings. The highest BCUT2D eigenvalue weighted by Gasteiger charge is 2.09.